The van der Waals surface area contributed by atoms with E-state index in [9.17, 15) is 9.59 Å². The largest absolute Gasteiger partial charge is 0.483 e. The van der Waals surface area contributed by atoms with E-state index < -0.39 is 5.91 Å². The van der Waals surface area contributed by atoms with Crippen LogP contribution < -0.4 is 15.6 Å². The third-order valence-corrected chi connectivity index (χ3v) is 3.88. The first kappa shape index (κ1) is 18.2. The summed E-state index contributed by atoms with van der Waals surface area (Å²) >= 11 is 0. The highest BCUT2D eigenvalue weighted by atomic mass is 16.5. The molecule has 0 radical (unpaired) electrons. The zero-order valence-electron chi connectivity index (χ0n) is 14.7. The van der Waals surface area contributed by atoms with Crippen molar-refractivity contribution in [2.24, 2.45) is 0 Å². The van der Waals surface area contributed by atoms with Crippen LogP contribution in [-0.2, 0) is 16.0 Å². The van der Waals surface area contributed by atoms with Crippen molar-refractivity contribution in [3.05, 3.63) is 90.5 Å². The van der Waals surface area contributed by atoms with Gasteiger partial charge in [0.1, 0.15) is 5.75 Å². The molecule has 0 unspecified atom stereocenters. The van der Waals surface area contributed by atoms with Crippen LogP contribution in [0, 0.1) is 0 Å². The van der Waals surface area contributed by atoms with Crippen molar-refractivity contribution in [3.63, 3.8) is 0 Å². The number of rotatable bonds is 6. The quantitative estimate of drug-likeness (QED) is 0.664. The highest BCUT2D eigenvalue weighted by molar-refractivity contribution is 5.84. The van der Waals surface area contributed by atoms with Gasteiger partial charge in [0.15, 0.2) is 6.61 Å². The van der Waals surface area contributed by atoms with Gasteiger partial charge in [-0.05, 0) is 17.2 Å². The molecule has 0 aliphatic heterocycles. The van der Waals surface area contributed by atoms with E-state index in [1.807, 2.05) is 84.9 Å². The Bertz CT molecular complexity index is 896. The Balaban J connectivity index is 1.51. The van der Waals surface area contributed by atoms with Gasteiger partial charge in [-0.15, -0.1) is 0 Å². The summed E-state index contributed by atoms with van der Waals surface area (Å²) in [6.45, 7) is -0.199. The second-order valence-corrected chi connectivity index (χ2v) is 5.91. The summed E-state index contributed by atoms with van der Waals surface area (Å²) in [5, 5.41) is 0. The number of hydrogen-bond donors (Lipinski definition) is 2. The summed E-state index contributed by atoms with van der Waals surface area (Å²) in [5.74, 6) is -0.118. The van der Waals surface area contributed by atoms with Crippen LogP contribution in [0.4, 0.5) is 0 Å². The Hall–Kier alpha value is -3.60. The first-order chi connectivity index (χ1) is 13.2. The molecule has 2 N–H and O–H groups in total. The van der Waals surface area contributed by atoms with Gasteiger partial charge in [0.25, 0.3) is 5.91 Å². The lowest BCUT2D eigenvalue weighted by atomic mass is 10.1. The Labute approximate surface area is 158 Å². The number of ether oxygens (including phenoxy) is 1. The van der Waals surface area contributed by atoms with Gasteiger partial charge in [-0.2, -0.15) is 0 Å². The second kappa shape index (κ2) is 9.20. The van der Waals surface area contributed by atoms with Crippen LogP contribution in [0.1, 0.15) is 5.56 Å². The fourth-order valence-corrected chi connectivity index (χ4v) is 2.59. The molecule has 5 heteroatoms. The van der Waals surface area contributed by atoms with Gasteiger partial charge in [0.2, 0.25) is 5.91 Å². The number of amides is 2. The summed E-state index contributed by atoms with van der Waals surface area (Å²) in [4.78, 5) is 23.8. The highest BCUT2D eigenvalue weighted by Crippen LogP contribution is 2.29. The van der Waals surface area contributed by atoms with Crippen LogP contribution in [-0.4, -0.2) is 18.4 Å². The number of hydrazine groups is 1. The van der Waals surface area contributed by atoms with Crippen molar-refractivity contribution in [1.29, 1.82) is 0 Å². The number of carbonyl (C=O) groups is 2. The number of benzene rings is 3. The van der Waals surface area contributed by atoms with Gasteiger partial charge in [0.05, 0.1) is 6.42 Å². The molecule has 27 heavy (non-hydrogen) atoms. The van der Waals surface area contributed by atoms with Gasteiger partial charge in [0, 0.05) is 5.56 Å². The average Bonchev–Trinajstić information content (AvgIpc) is 2.72. The van der Waals surface area contributed by atoms with Crippen molar-refractivity contribution < 1.29 is 14.3 Å². The molecule has 5 nitrogen and oxygen atoms in total. The van der Waals surface area contributed by atoms with Crippen molar-refractivity contribution >= 4 is 11.8 Å². The van der Waals surface area contributed by atoms with Crippen LogP contribution in [0.3, 0.4) is 0 Å². The standard InChI is InChI=1S/C22H20N2O3/c25-21(15-17-9-3-1-4-10-17)23-24-22(26)16-27-20-14-8-7-13-19(20)18-11-5-2-6-12-18/h1-14H,15-16H2,(H,23,25)(H,24,26). The first-order valence-electron chi connectivity index (χ1n) is 8.61. The molecule has 0 saturated heterocycles. The number of hydrogen-bond acceptors (Lipinski definition) is 3. The van der Waals surface area contributed by atoms with Crippen molar-refractivity contribution in [1.82, 2.24) is 10.9 Å². The van der Waals surface area contributed by atoms with E-state index in [0.29, 0.717) is 5.75 Å². The summed E-state index contributed by atoms with van der Waals surface area (Å²) in [6, 6.07) is 26.6. The summed E-state index contributed by atoms with van der Waals surface area (Å²) in [5.41, 5.74) is 7.54. The van der Waals surface area contributed by atoms with E-state index in [-0.39, 0.29) is 18.9 Å². The molecule has 0 atom stereocenters. The Morgan fingerprint density at radius 3 is 2.04 bits per heavy atom. The van der Waals surface area contributed by atoms with Crippen LogP contribution in [0.2, 0.25) is 0 Å². The molecule has 3 aromatic rings. The predicted molar refractivity (Wildman–Crippen MR) is 104 cm³/mol. The predicted octanol–water partition coefficient (Wildman–Crippen LogP) is 3.12. The van der Waals surface area contributed by atoms with E-state index >= 15 is 0 Å². The molecule has 0 aliphatic carbocycles. The molecule has 0 heterocycles. The average molecular weight is 360 g/mol. The van der Waals surface area contributed by atoms with E-state index in [0.717, 1.165) is 16.7 Å². The minimum Gasteiger partial charge on any atom is -0.483 e. The molecule has 3 rings (SSSR count). The lowest BCUT2D eigenvalue weighted by molar-refractivity contribution is -0.129. The van der Waals surface area contributed by atoms with Gasteiger partial charge in [-0.25, -0.2) is 0 Å². The first-order valence-corrected chi connectivity index (χ1v) is 8.61. The topological polar surface area (TPSA) is 67.4 Å². The lowest BCUT2D eigenvalue weighted by Crippen LogP contribution is -2.44. The lowest BCUT2D eigenvalue weighted by Gasteiger charge is -2.12. The van der Waals surface area contributed by atoms with E-state index in [1.54, 1.807) is 0 Å². The van der Waals surface area contributed by atoms with Crippen LogP contribution >= 0.6 is 0 Å². The Morgan fingerprint density at radius 2 is 1.30 bits per heavy atom. The smallest absolute Gasteiger partial charge is 0.276 e. The van der Waals surface area contributed by atoms with Crippen LogP contribution in [0.15, 0.2) is 84.9 Å². The van der Waals surface area contributed by atoms with Crippen molar-refractivity contribution in [2.75, 3.05) is 6.61 Å². The zero-order valence-corrected chi connectivity index (χ0v) is 14.7. The van der Waals surface area contributed by atoms with Gasteiger partial charge >= 0.3 is 0 Å². The fraction of sp³-hybridized carbons (Fsp3) is 0.0909. The van der Waals surface area contributed by atoms with Crippen LogP contribution in [0.5, 0.6) is 5.75 Å². The summed E-state index contributed by atoms with van der Waals surface area (Å²) < 4.78 is 5.64. The molecular weight excluding hydrogens is 340 g/mol. The summed E-state index contributed by atoms with van der Waals surface area (Å²) in [7, 11) is 0. The normalized spacial score (nSPS) is 10.1. The molecule has 0 spiro atoms. The molecule has 0 bridgehead atoms. The molecule has 136 valence electrons. The summed E-state index contributed by atoms with van der Waals surface area (Å²) in [6.07, 6.45) is 0.193. The second-order valence-electron chi connectivity index (χ2n) is 5.91. The van der Waals surface area contributed by atoms with E-state index in [2.05, 4.69) is 10.9 Å². The SMILES string of the molecule is O=C(COc1ccccc1-c1ccccc1)NNC(=O)Cc1ccccc1. The Morgan fingerprint density at radius 1 is 0.704 bits per heavy atom. The molecule has 0 saturated carbocycles. The molecule has 2 amide bonds. The third kappa shape index (κ3) is 5.44. The van der Waals surface area contributed by atoms with Gasteiger partial charge < -0.3 is 4.74 Å². The molecule has 0 fully saturated rings. The zero-order chi connectivity index (χ0) is 18.9. The van der Waals surface area contributed by atoms with Crippen molar-refractivity contribution in [3.8, 4) is 16.9 Å². The van der Waals surface area contributed by atoms with E-state index in [4.69, 9.17) is 4.74 Å². The van der Waals surface area contributed by atoms with Crippen LogP contribution in [0.25, 0.3) is 11.1 Å². The third-order valence-electron chi connectivity index (χ3n) is 3.88. The Kier molecular flexibility index (Phi) is 6.20. The molecule has 3 aromatic carbocycles. The molecule has 0 aromatic heterocycles. The van der Waals surface area contributed by atoms with E-state index in [1.165, 1.54) is 0 Å². The minimum atomic E-state index is -0.431. The van der Waals surface area contributed by atoms with Gasteiger partial charge in [-0.1, -0.05) is 78.9 Å². The number of para-hydroxylation sites is 1. The molecular formula is C22H20N2O3. The maximum Gasteiger partial charge on any atom is 0.276 e. The number of carbonyl (C=O) groups excluding carboxylic acids is 2. The fourth-order valence-electron chi connectivity index (χ4n) is 2.59. The van der Waals surface area contributed by atoms with Gasteiger partial charge in [-0.3, -0.25) is 20.4 Å². The minimum absolute atomic E-state index is 0.193. The van der Waals surface area contributed by atoms with Crippen molar-refractivity contribution in [2.45, 2.75) is 6.42 Å². The molecule has 0 aliphatic rings. The highest BCUT2D eigenvalue weighted by Gasteiger charge is 2.09. The number of nitrogens with one attached hydrogen (secondary N) is 2. The maximum atomic E-state index is 12.0. The monoisotopic (exact) mass is 360 g/mol. The maximum absolute atomic E-state index is 12.0.